The summed E-state index contributed by atoms with van der Waals surface area (Å²) in [7, 11) is 1.56. The number of hydrogen-bond acceptors (Lipinski definition) is 6. The van der Waals surface area contributed by atoms with Crippen molar-refractivity contribution in [2.45, 2.75) is 19.5 Å². The Bertz CT molecular complexity index is 1020. The number of carbonyl (C=O) groups is 2. The second-order valence-corrected chi connectivity index (χ2v) is 6.30. The zero-order chi connectivity index (χ0) is 19.7. The van der Waals surface area contributed by atoms with Gasteiger partial charge in [0, 0.05) is 5.69 Å². The summed E-state index contributed by atoms with van der Waals surface area (Å²) in [5.74, 6) is 0.794. The van der Waals surface area contributed by atoms with Crippen molar-refractivity contribution >= 4 is 17.6 Å². The third kappa shape index (κ3) is 2.98. The number of nitrogens with zero attached hydrogens (tertiary/aromatic N) is 4. The van der Waals surface area contributed by atoms with E-state index in [2.05, 4.69) is 10.1 Å². The van der Waals surface area contributed by atoms with Crippen LogP contribution in [-0.4, -0.2) is 40.1 Å². The lowest BCUT2D eigenvalue weighted by atomic mass is 10.2. The maximum absolute atomic E-state index is 12.8. The van der Waals surface area contributed by atoms with E-state index in [1.165, 1.54) is 4.90 Å². The number of para-hydroxylation sites is 2. The highest BCUT2D eigenvalue weighted by atomic mass is 16.5. The summed E-state index contributed by atoms with van der Waals surface area (Å²) in [4.78, 5) is 32.4. The van der Waals surface area contributed by atoms with E-state index in [4.69, 9.17) is 9.26 Å². The number of benzene rings is 2. The van der Waals surface area contributed by atoms with Crippen molar-refractivity contribution in [2.75, 3.05) is 12.0 Å². The minimum absolute atomic E-state index is 0.0898. The SMILES string of the molecule is COc1ccccc1-c1noc(CN2C(=O)[C@H](C)N(c3ccccc3)C2=O)n1. The van der Waals surface area contributed by atoms with Crippen LogP contribution in [0, 0.1) is 0 Å². The van der Waals surface area contributed by atoms with Gasteiger partial charge in [0.2, 0.25) is 11.7 Å². The van der Waals surface area contributed by atoms with Crippen molar-refractivity contribution in [2.24, 2.45) is 0 Å². The third-order valence-electron chi connectivity index (χ3n) is 4.59. The normalized spacial score (nSPS) is 16.7. The average Bonchev–Trinajstić information content (AvgIpc) is 3.28. The number of ether oxygens (including phenoxy) is 1. The van der Waals surface area contributed by atoms with Crippen LogP contribution in [0.25, 0.3) is 11.4 Å². The van der Waals surface area contributed by atoms with Gasteiger partial charge in [-0.2, -0.15) is 4.98 Å². The summed E-state index contributed by atoms with van der Waals surface area (Å²) >= 11 is 0. The molecule has 0 aliphatic carbocycles. The number of anilines is 1. The van der Waals surface area contributed by atoms with Crippen LogP contribution in [-0.2, 0) is 11.3 Å². The van der Waals surface area contributed by atoms with Gasteiger partial charge >= 0.3 is 6.03 Å². The maximum Gasteiger partial charge on any atom is 0.332 e. The third-order valence-corrected chi connectivity index (χ3v) is 4.59. The van der Waals surface area contributed by atoms with Crippen molar-refractivity contribution in [3.8, 4) is 17.1 Å². The molecule has 142 valence electrons. The van der Waals surface area contributed by atoms with E-state index < -0.39 is 12.1 Å². The van der Waals surface area contributed by atoms with Crippen LogP contribution in [0.1, 0.15) is 12.8 Å². The van der Waals surface area contributed by atoms with Crippen molar-refractivity contribution < 1.29 is 18.8 Å². The number of aromatic nitrogens is 2. The second-order valence-electron chi connectivity index (χ2n) is 6.30. The predicted octanol–water partition coefficient (Wildman–Crippen LogP) is 3.10. The predicted molar refractivity (Wildman–Crippen MR) is 101 cm³/mol. The van der Waals surface area contributed by atoms with E-state index in [1.807, 2.05) is 30.3 Å². The Labute approximate surface area is 161 Å². The van der Waals surface area contributed by atoms with Gasteiger partial charge in [0.15, 0.2) is 0 Å². The summed E-state index contributed by atoms with van der Waals surface area (Å²) < 4.78 is 10.6. The first-order valence-corrected chi connectivity index (χ1v) is 8.75. The number of methoxy groups -OCH3 is 1. The Morgan fingerprint density at radius 2 is 1.79 bits per heavy atom. The lowest BCUT2D eigenvalue weighted by molar-refractivity contribution is -0.127. The van der Waals surface area contributed by atoms with Crippen LogP contribution < -0.4 is 9.64 Å². The van der Waals surface area contributed by atoms with E-state index in [1.54, 1.807) is 38.3 Å². The van der Waals surface area contributed by atoms with Gasteiger partial charge in [-0.1, -0.05) is 35.5 Å². The molecular weight excluding hydrogens is 360 g/mol. The van der Waals surface area contributed by atoms with Crippen LogP contribution in [0.15, 0.2) is 59.1 Å². The van der Waals surface area contributed by atoms with Gasteiger partial charge in [0.25, 0.3) is 5.91 Å². The molecule has 1 fully saturated rings. The van der Waals surface area contributed by atoms with Crippen LogP contribution in [0.3, 0.4) is 0 Å². The largest absolute Gasteiger partial charge is 0.496 e. The molecular formula is C20H18N4O4. The minimum Gasteiger partial charge on any atom is -0.496 e. The first-order chi connectivity index (χ1) is 13.6. The van der Waals surface area contributed by atoms with Crippen LogP contribution in [0.5, 0.6) is 5.75 Å². The van der Waals surface area contributed by atoms with E-state index >= 15 is 0 Å². The summed E-state index contributed by atoms with van der Waals surface area (Å²) in [6.45, 7) is 1.61. The fourth-order valence-corrected chi connectivity index (χ4v) is 3.19. The first-order valence-electron chi connectivity index (χ1n) is 8.75. The molecule has 2 heterocycles. The molecule has 3 aromatic rings. The molecule has 2 aromatic carbocycles. The molecule has 8 nitrogen and oxygen atoms in total. The quantitative estimate of drug-likeness (QED) is 0.634. The van der Waals surface area contributed by atoms with Gasteiger partial charge in [-0.3, -0.25) is 14.6 Å². The highest BCUT2D eigenvalue weighted by molar-refractivity contribution is 6.13. The van der Waals surface area contributed by atoms with Gasteiger partial charge < -0.3 is 9.26 Å². The molecule has 4 rings (SSSR count). The number of hydrogen-bond donors (Lipinski definition) is 0. The fraction of sp³-hybridized carbons (Fsp3) is 0.200. The van der Waals surface area contributed by atoms with Gasteiger partial charge in [-0.25, -0.2) is 4.79 Å². The number of amides is 3. The Kier molecular flexibility index (Phi) is 4.52. The molecule has 1 saturated heterocycles. The zero-order valence-electron chi connectivity index (χ0n) is 15.4. The molecule has 28 heavy (non-hydrogen) atoms. The fourth-order valence-electron chi connectivity index (χ4n) is 3.19. The van der Waals surface area contributed by atoms with E-state index in [0.29, 0.717) is 22.8 Å². The Balaban J connectivity index is 1.57. The van der Waals surface area contributed by atoms with E-state index in [0.717, 1.165) is 4.90 Å². The van der Waals surface area contributed by atoms with Gasteiger partial charge in [0.1, 0.15) is 18.3 Å². The Morgan fingerprint density at radius 3 is 2.54 bits per heavy atom. The van der Waals surface area contributed by atoms with Crippen molar-refractivity contribution in [1.29, 1.82) is 0 Å². The second kappa shape index (κ2) is 7.15. The molecule has 8 heteroatoms. The molecule has 0 N–H and O–H groups in total. The van der Waals surface area contributed by atoms with Gasteiger partial charge in [0.05, 0.1) is 12.7 Å². The smallest absolute Gasteiger partial charge is 0.332 e. The average molecular weight is 378 g/mol. The van der Waals surface area contributed by atoms with E-state index in [9.17, 15) is 9.59 Å². The van der Waals surface area contributed by atoms with Crippen molar-refractivity contribution in [3.63, 3.8) is 0 Å². The highest BCUT2D eigenvalue weighted by Crippen LogP contribution is 2.29. The van der Waals surface area contributed by atoms with Crippen molar-refractivity contribution in [1.82, 2.24) is 15.0 Å². The Morgan fingerprint density at radius 1 is 1.07 bits per heavy atom. The van der Waals surface area contributed by atoms with E-state index in [-0.39, 0.29) is 18.3 Å². The van der Waals surface area contributed by atoms with Crippen LogP contribution in [0.2, 0.25) is 0 Å². The van der Waals surface area contributed by atoms with Gasteiger partial charge in [-0.15, -0.1) is 0 Å². The highest BCUT2D eigenvalue weighted by Gasteiger charge is 2.43. The zero-order valence-corrected chi connectivity index (χ0v) is 15.4. The number of imide groups is 1. The molecule has 1 aliphatic rings. The molecule has 0 spiro atoms. The summed E-state index contributed by atoms with van der Waals surface area (Å²) in [6.07, 6.45) is 0. The molecule has 0 unspecified atom stereocenters. The van der Waals surface area contributed by atoms with Gasteiger partial charge in [-0.05, 0) is 31.2 Å². The molecule has 3 amide bonds. The molecule has 0 saturated carbocycles. The number of rotatable bonds is 5. The minimum atomic E-state index is -0.605. The monoisotopic (exact) mass is 378 g/mol. The first kappa shape index (κ1) is 17.7. The molecule has 1 atom stereocenters. The standard InChI is InChI=1S/C20H18N4O4/c1-13-19(25)23(20(26)24(13)14-8-4-3-5-9-14)12-17-21-18(22-28-17)15-10-6-7-11-16(15)27-2/h3-11,13H,12H2,1-2H3/t13-/m0/s1. The number of carbonyl (C=O) groups excluding carboxylic acids is 2. The Hall–Kier alpha value is -3.68. The topological polar surface area (TPSA) is 88.8 Å². The molecule has 0 radical (unpaired) electrons. The molecule has 1 aromatic heterocycles. The van der Waals surface area contributed by atoms with Crippen LogP contribution >= 0.6 is 0 Å². The van der Waals surface area contributed by atoms with Crippen molar-refractivity contribution in [3.05, 3.63) is 60.5 Å². The summed E-state index contributed by atoms with van der Waals surface area (Å²) in [5.41, 5.74) is 1.33. The molecule has 1 aliphatic heterocycles. The number of urea groups is 1. The lowest BCUT2D eigenvalue weighted by Gasteiger charge is -2.18. The van der Waals surface area contributed by atoms with Crippen LogP contribution in [0.4, 0.5) is 10.5 Å². The lowest BCUT2D eigenvalue weighted by Crippen LogP contribution is -2.33. The summed E-state index contributed by atoms with van der Waals surface area (Å²) in [5, 5.41) is 3.95. The summed E-state index contributed by atoms with van der Waals surface area (Å²) in [6, 6.07) is 15.3. The maximum atomic E-state index is 12.8. The molecule has 0 bridgehead atoms.